The number of nitrogens with one attached hydrogen (secondary N) is 2. The first kappa shape index (κ1) is 25.9. The zero-order valence-electron chi connectivity index (χ0n) is 16.6. The number of rotatable bonds is 8. The lowest BCUT2D eigenvalue weighted by molar-refractivity contribution is -0.116. The summed E-state index contributed by atoms with van der Waals surface area (Å²) in [7, 11) is 0. The predicted molar refractivity (Wildman–Crippen MR) is 119 cm³/mol. The summed E-state index contributed by atoms with van der Waals surface area (Å²) in [6, 6.07) is 9.06. The Hall–Kier alpha value is -2.10. The summed E-state index contributed by atoms with van der Waals surface area (Å²) in [5.74, 6) is 0.302. The number of hydrogen-bond donors (Lipinski definition) is 3. The predicted octanol–water partition coefficient (Wildman–Crippen LogP) is 2.17. The topological polar surface area (TPSA) is 110 Å². The van der Waals surface area contributed by atoms with Crippen LogP contribution in [-0.4, -0.2) is 49.6 Å². The van der Waals surface area contributed by atoms with E-state index < -0.39 is 0 Å². The Balaban J connectivity index is 0.00000225. The summed E-state index contributed by atoms with van der Waals surface area (Å²) >= 11 is 0. The second-order valence-electron chi connectivity index (χ2n) is 6.64. The summed E-state index contributed by atoms with van der Waals surface area (Å²) in [5, 5.41) is 5.74. The molecular formula is C20H28Cl2N4O4. The fourth-order valence-corrected chi connectivity index (χ4v) is 2.96. The number of amides is 2. The number of carbonyl (C=O) groups excluding carboxylic acids is 2. The average molecular weight is 459 g/mol. The number of halogens is 2. The Kier molecular flexibility index (Phi) is 11.5. The molecule has 8 nitrogen and oxygen atoms in total. The third kappa shape index (κ3) is 7.97. The van der Waals surface area contributed by atoms with E-state index in [0.29, 0.717) is 30.0 Å². The lowest BCUT2D eigenvalue weighted by Crippen LogP contribution is -2.38. The number of benzene rings is 1. The van der Waals surface area contributed by atoms with Gasteiger partial charge in [-0.3, -0.25) is 14.5 Å². The summed E-state index contributed by atoms with van der Waals surface area (Å²) in [6.07, 6.45) is 1.83. The molecule has 0 spiro atoms. The van der Waals surface area contributed by atoms with Crippen molar-refractivity contribution in [3.63, 3.8) is 0 Å². The molecule has 0 saturated carbocycles. The van der Waals surface area contributed by atoms with E-state index in [1.165, 1.54) is 6.26 Å². The van der Waals surface area contributed by atoms with E-state index >= 15 is 0 Å². The van der Waals surface area contributed by atoms with Crippen LogP contribution in [0.25, 0.3) is 0 Å². The molecule has 1 fully saturated rings. The maximum Gasteiger partial charge on any atom is 0.254 e. The van der Waals surface area contributed by atoms with Gasteiger partial charge in [0.05, 0.1) is 25.3 Å². The van der Waals surface area contributed by atoms with Crippen LogP contribution in [0.4, 0.5) is 5.69 Å². The highest BCUT2D eigenvalue weighted by molar-refractivity contribution is 5.94. The summed E-state index contributed by atoms with van der Waals surface area (Å²) in [4.78, 5) is 26.6. The Labute approximate surface area is 188 Å². The quantitative estimate of drug-likeness (QED) is 0.558. The maximum atomic E-state index is 12.2. The van der Waals surface area contributed by atoms with E-state index in [2.05, 4.69) is 15.5 Å². The molecule has 2 amide bonds. The van der Waals surface area contributed by atoms with Gasteiger partial charge in [0.2, 0.25) is 5.91 Å². The van der Waals surface area contributed by atoms with Crippen molar-refractivity contribution in [2.24, 2.45) is 5.73 Å². The van der Waals surface area contributed by atoms with Crippen LogP contribution >= 0.6 is 24.8 Å². The maximum absolute atomic E-state index is 12.2. The SMILES string of the molecule is Cl.Cl.NCc1cc(C(=O)NCc2cccc(NC(=O)CCN3CCOCC3)c2)co1. The lowest BCUT2D eigenvalue weighted by atomic mass is 10.2. The molecule has 4 N–H and O–H groups in total. The van der Waals surface area contributed by atoms with Crippen molar-refractivity contribution in [1.82, 2.24) is 10.2 Å². The van der Waals surface area contributed by atoms with E-state index in [1.54, 1.807) is 6.07 Å². The van der Waals surface area contributed by atoms with Gasteiger partial charge in [0.1, 0.15) is 12.0 Å². The van der Waals surface area contributed by atoms with Crippen LogP contribution in [-0.2, 0) is 22.6 Å². The van der Waals surface area contributed by atoms with E-state index in [4.69, 9.17) is 14.9 Å². The van der Waals surface area contributed by atoms with Crippen LogP contribution in [0.1, 0.15) is 28.1 Å². The first-order valence-electron chi connectivity index (χ1n) is 9.38. The molecule has 1 aromatic heterocycles. The molecule has 1 aliphatic rings. The highest BCUT2D eigenvalue weighted by Gasteiger charge is 2.12. The van der Waals surface area contributed by atoms with Gasteiger partial charge < -0.3 is 25.5 Å². The Bertz CT molecular complexity index is 810. The normalized spacial score (nSPS) is 13.6. The van der Waals surface area contributed by atoms with E-state index in [-0.39, 0.29) is 43.2 Å². The number of nitrogens with two attached hydrogens (primary N) is 1. The Morgan fingerprint density at radius 1 is 1.13 bits per heavy atom. The van der Waals surface area contributed by atoms with Crippen LogP contribution in [0.3, 0.4) is 0 Å². The van der Waals surface area contributed by atoms with Gasteiger partial charge in [-0.15, -0.1) is 24.8 Å². The Morgan fingerprint density at radius 3 is 2.60 bits per heavy atom. The first-order valence-corrected chi connectivity index (χ1v) is 9.38. The number of anilines is 1. The molecule has 0 aliphatic carbocycles. The fourth-order valence-electron chi connectivity index (χ4n) is 2.96. The minimum absolute atomic E-state index is 0. The molecule has 30 heavy (non-hydrogen) atoms. The van der Waals surface area contributed by atoms with E-state index in [1.807, 2.05) is 24.3 Å². The molecule has 10 heteroatoms. The van der Waals surface area contributed by atoms with Gasteiger partial charge in [-0.1, -0.05) is 12.1 Å². The van der Waals surface area contributed by atoms with E-state index in [0.717, 1.165) is 38.4 Å². The highest BCUT2D eigenvalue weighted by Crippen LogP contribution is 2.12. The van der Waals surface area contributed by atoms with Crippen LogP contribution in [0, 0.1) is 0 Å². The van der Waals surface area contributed by atoms with Crippen molar-refractivity contribution >= 4 is 42.3 Å². The van der Waals surface area contributed by atoms with Crippen molar-refractivity contribution in [3.8, 4) is 0 Å². The molecule has 0 atom stereocenters. The minimum atomic E-state index is -0.233. The molecule has 1 saturated heterocycles. The lowest BCUT2D eigenvalue weighted by Gasteiger charge is -2.26. The van der Waals surface area contributed by atoms with Gasteiger partial charge in [-0.25, -0.2) is 0 Å². The van der Waals surface area contributed by atoms with Gasteiger partial charge in [0, 0.05) is 38.3 Å². The fraction of sp³-hybridized carbons (Fsp3) is 0.400. The first-order chi connectivity index (χ1) is 13.6. The minimum Gasteiger partial charge on any atom is -0.467 e. The highest BCUT2D eigenvalue weighted by atomic mass is 35.5. The van der Waals surface area contributed by atoms with Crippen molar-refractivity contribution in [1.29, 1.82) is 0 Å². The third-order valence-electron chi connectivity index (χ3n) is 4.54. The van der Waals surface area contributed by atoms with Gasteiger partial charge in [-0.2, -0.15) is 0 Å². The Morgan fingerprint density at radius 2 is 1.90 bits per heavy atom. The molecule has 3 rings (SSSR count). The van der Waals surface area contributed by atoms with Crippen molar-refractivity contribution < 1.29 is 18.7 Å². The molecular weight excluding hydrogens is 431 g/mol. The van der Waals surface area contributed by atoms with Crippen molar-refractivity contribution in [2.45, 2.75) is 19.5 Å². The number of morpholine rings is 1. The summed E-state index contributed by atoms with van der Waals surface area (Å²) < 4.78 is 10.5. The van der Waals surface area contributed by atoms with Gasteiger partial charge in [0.15, 0.2) is 0 Å². The number of hydrogen-bond acceptors (Lipinski definition) is 6. The second-order valence-corrected chi connectivity index (χ2v) is 6.64. The molecule has 1 aromatic carbocycles. The van der Waals surface area contributed by atoms with Crippen LogP contribution in [0.15, 0.2) is 41.0 Å². The number of carbonyl (C=O) groups is 2. The molecule has 2 heterocycles. The zero-order valence-corrected chi connectivity index (χ0v) is 18.2. The van der Waals surface area contributed by atoms with Crippen molar-refractivity contribution in [2.75, 3.05) is 38.2 Å². The third-order valence-corrected chi connectivity index (χ3v) is 4.54. The molecule has 0 unspecified atom stereocenters. The smallest absolute Gasteiger partial charge is 0.254 e. The van der Waals surface area contributed by atoms with Gasteiger partial charge in [0.25, 0.3) is 5.91 Å². The molecule has 0 bridgehead atoms. The molecule has 166 valence electrons. The van der Waals surface area contributed by atoms with E-state index in [9.17, 15) is 9.59 Å². The zero-order chi connectivity index (χ0) is 19.8. The van der Waals surface area contributed by atoms with Gasteiger partial charge in [-0.05, 0) is 23.8 Å². The monoisotopic (exact) mass is 458 g/mol. The number of ether oxygens (including phenoxy) is 1. The molecule has 1 aliphatic heterocycles. The van der Waals surface area contributed by atoms with Crippen LogP contribution < -0.4 is 16.4 Å². The molecule has 2 aromatic rings. The standard InChI is InChI=1S/C20H26N4O4.2ClH/c21-12-18-11-16(14-28-18)20(26)22-13-15-2-1-3-17(10-15)23-19(25)4-5-24-6-8-27-9-7-24;;/h1-3,10-11,14H,4-9,12-13,21H2,(H,22,26)(H,23,25);2*1H. The summed E-state index contributed by atoms with van der Waals surface area (Å²) in [5.41, 5.74) is 7.52. The summed E-state index contributed by atoms with van der Waals surface area (Å²) in [6.45, 7) is 4.50. The number of nitrogens with zero attached hydrogens (tertiary/aromatic N) is 1. The van der Waals surface area contributed by atoms with Gasteiger partial charge >= 0.3 is 0 Å². The van der Waals surface area contributed by atoms with Crippen molar-refractivity contribution in [3.05, 3.63) is 53.5 Å². The largest absolute Gasteiger partial charge is 0.467 e. The van der Waals surface area contributed by atoms with Crippen LogP contribution in [0.5, 0.6) is 0 Å². The average Bonchev–Trinajstić information content (AvgIpc) is 3.21. The second kappa shape index (κ2) is 13.3. The molecule has 0 radical (unpaired) electrons. The number of furan rings is 1. The van der Waals surface area contributed by atoms with Crippen LogP contribution in [0.2, 0.25) is 0 Å².